The van der Waals surface area contributed by atoms with Gasteiger partial charge in [0.15, 0.2) is 0 Å². The number of nitriles is 1. The Morgan fingerprint density at radius 1 is 1.33 bits per heavy atom. The van der Waals surface area contributed by atoms with Gasteiger partial charge in [0.1, 0.15) is 11.8 Å². The zero-order valence-corrected chi connectivity index (χ0v) is 17.7. The van der Waals surface area contributed by atoms with Crippen molar-refractivity contribution in [2.45, 2.75) is 43.9 Å². The van der Waals surface area contributed by atoms with Crippen LogP contribution in [0.3, 0.4) is 0 Å². The first kappa shape index (κ1) is 22.2. The molecular formula is C22H24F2N4OS. The van der Waals surface area contributed by atoms with Gasteiger partial charge >= 0.3 is 0 Å². The Balaban J connectivity index is 0.000000172. The third kappa shape index (κ3) is 4.63. The second-order valence-corrected chi connectivity index (χ2v) is 9.13. The predicted molar refractivity (Wildman–Crippen MR) is 114 cm³/mol. The van der Waals surface area contributed by atoms with Crippen LogP contribution in [-0.4, -0.2) is 31.4 Å². The van der Waals surface area contributed by atoms with Gasteiger partial charge in [0.2, 0.25) is 0 Å². The lowest BCUT2D eigenvalue weighted by molar-refractivity contribution is -0.0885. The number of fused-ring (bicyclic) bond motifs is 1. The van der Waals surface area contributed by atoms with Crippen LogP contribution in [0.5, 0.6) is 0 Å². The van der Waals surface area contributed by atoms with E-state index in [1.165, 1.54) is 0 Å². The van der Waals surface area contributed by atoms with Crippen molar-refractivity contribution in [1.29, 1.82) is 5.26 Å². The Morgan fingerprint density at radius 2 is 2.10 bits per heavy atom. The molecule has 158 valence electrons. The molecule has 5 atom stereocenters. The summed E-state index contributed by atoms with van der Waals surface area (Å²) in [5.41, 5.74) is 2.91. The molecule has 1 saturated carbocycles. The van der Waals surface area contributed by atoms with E-state index < -0.39 is 22.8 Å². The Bertz CT molecular complexity index is 974. The van der Waals surface area contributed by atoms with Crippen LogP contribution in [0.15, 0.2) is 43.2 Å². The zero-order valence-electron chi connectivity index (χ0n) is 16.9. The number of nitrogens with one attached hydrogen (secondary N) is 1. The average Bonchev–Trinajstić information content (AvgIpc) is 3.01. The lowest BCUT2D eigenvalue weighted by Gasteiger charge is -2.36. The van der Waals surface area contributed by atoms with Gasteiger partial charge in [0, 0.05) is 41.9 Å². The minimum absolute atomic E-state index is 0.111. The fourth-order valence-corrected chi connectivity index (χ4v) is 5.64. The Hall–Kier alpha value is -2.50. The van der Waals surface area contributed by atoms with Crippen LogP contribution in [0, 0.1) is 23.2 Å². The Kier molecular flexibility index (Phi) is 6.74. The number of hydrogen-bond donors (Lipinski definition) is 1. The van der Waals surface area contributed by atoms with E-state index in [0.29, 0.717) is 12.1 Å². The molecule has 2 aliphatic rings. The number of aromatic nitrogens is 2. The summed E-state index contributed by atoms with van der Waals surface area (Å²) in [6.07, 6.45) is 5.26. The third-order valence-corrected chi connectivity index (χ3v) is 7.41. The summed E-state index contributed by atoms with van der Waals surface area (Å²) >= 11 is 0. The van der Waals surface area contributed by atoms with E-state index in [1.807, 2.05) is 25.1 Å². The molecule has 0 bridgehead atoms. The number of nitrogens with zero attached hydrogens (tertiary/aromatic N) is 3. The molecule has 5 unspecified atom stereocenters. The third-order valence-electron chi connectivity index (χ3n) is 5.74. The first-order chi connectivity index (χ1) is 14.3. The minimum atomic E-state index is -2.64. The molecule has 2 aromatic rings. The van der Waals surface area contributed by atoms with E-state index in [1.54, 1.807) is 31.5 Å². The minimum Gasteiger partial charge on any atom is -0.256 e. The first-order valence-corrected chi connectivity index (χ1v) is 11.0. The van der Waals surface area contributed by atoms with E-state index in [-0.39, 0.29) is 23.6 Å². The topological polar surface area (TPSA) is 78.7 Å². The Labute approximate surface area is 177 Å². The molecule has 3 heterocycles. The van der Waals surface area contributed by atoms with Crippen molar-refractivity contribution in [1.82, 2.24) is 14.7 Å². The van der Waals surface area contributed by atoms with Crippen LogP contribution in [-0.2, 0) is 11.0 Å². The predicted octanol–water partition coefficient (Wildman–Crippen LogP) is 4.35. The van der Waals surface area contributed by atoms with Gasteiger partial charge in [-0.3, -0.25) is 4.98 Å². The van der Waals surface area contributed by atoms with Crippen molar-refractivity contribution >= 4 is 17.1 Å². The Morgan fingerprint density at radius 3 is 2.73 bits per heavy atom. The second kappa shape index (κ2) is 9.11. The average molecular weight is 431 g/mol. The normalized spacial score (nSPS) is 29.1. The molecule has 0 spiro atoms. The highest BCUT2D eigenvalue weighted by Gasteiger charge is 2.53. The SMILES string of the molecule is C=Cc1ccc(-c2cccnc2C#N)cn1.CC1NS(=O)C2CC(F)(F)C(C)CC12. The molecule has 1 saturated heterocycles. The van der Waals surface area contributed by atoms with Crippen molar-refractivity contribution in [2.75, 3.05) is 0 Å². The maximum Gasteiger partial charge on any atom is 0.251 e. The number of halogens is 2. The van der Waals surface area contributed by atoms with Crippen LogP contribution in [0.2, 0.25) is 0 Å². The highest BCUT2D eigenvalue weighted by atomic mass is 32.2. The van der Waals surface area contributed by atoms with Gasteiger partial charge in [-0.15, -0.1) is 0 Å². The van der Waals surface area contributed by atoms with Crippen molar-refractivity contribution in [2.24, 2.45) is 11.8 Å². The van der Waals surface area contributed by atoms with Gasteiger partial charge < -0.3 is 0 Å². The van der Waals surface area contributed by atoms with Crippen molar-refractivity contribution in [3.63, 3.8) is 0 Å². The molecule has 5 nitrogen and oxygen atoms in total. The van der Waals surface area contributed by atoms with Gasteiger partial charge in [-0.2, -0.15) is 5.26 Å². The molecular weight excluding hydrogens is 406 g/mol. The summed E-state index contributed by atoms with van der Waals surface area (Å²) in [6, 6.07) is 9.60. The van der Waals surface area contributed by atoms with E-state index in [9.17, 15) is 13.0 Å². The smallest absolute Gasteiger partial charge is 0.251 e. The molecule has 0 aromatic carbocycles. The van der Waals surface area contributed by atoms with Crippen LogP contribution >= 0.6 is 0 Å². The van der Waals surface area contributed by atoms with Crippen LogP contribution in [0.25, 0.3) is 17.2 Å². The van der Waals surface area contributed by atoms with Crippen LogP contribution in [0.4, 0.5) is 8.78 Å². The number of rotatable bonds is 2. The maximum absolute atomic E-state index is 13.4. The largest absolute Gasteiger partial charge is 0.256 e. The van der Waals surface area contributed by atoms with Gasteiger partial charge in [0.05, 0.1) is 21.9 Å². The number of alkyl halides is 2. The molecule has 1 N–H and O–H groups in total. The summed E-state index contributed by atoms with van der Waals surface area (Å²) in [6.45, 7) is 7.16. The molecule has 0 amide bonds. The van der Waals surface area contributed by atoms with Gasteiger partial charge in [-0.25, -0.2) is 22.7 Å². The summed E-state index contributed by atoms with van der Waals surface area (Å²) in [7, 11) is -1.26. The lowest BCUT2D eigenvalue weighted by atomic mass is 9.76. The fraction of sp³-hybridized carbons (Fsp3) is 0.409. The van der Waals surface area contributed by atoms with E-state index >= 15 is 0 Å². The van der Waals surface area contributed by atoms with Gasteiger partial charge in [0.25, 0.3) is 5.92 Å². The van der Waals surface area contributed by atoms with E-state index in [4.69, 9.17) is 5.26 Å². The monoisotopic (exact) mass is 430 g/mol. The van der Waals surface area contributed by atoms with Crippen LogP contribution in [0.1, 0.15) is 38.1 Å². The molecule has 2 fully saturated rings. The molecule has 4 rings (SSSR count). The van der Waals surface area contributed by atoms with Crippen molar-refractivity contribution in [3.05, 3.63) is 54.6 Å². The lowest BCUT2D eigenvalue weighted by Crippen LogP contribution is -2.42. The second-order valence-electron chi connectivity index (χ2n) is 7.70. The molecule has 1 aliphatic carbocycles. The van der Waals surface area contributed by atoms with E-state index in [2.05, 4.69) is 27.3 Å². The number of pyridine rings is 2. The highest BCUT2D eigenvalue weighted by molar-refractivity contribution is 7.84. The molecule has 1 aliphatic heterocycles. The fourth-order valence-electron chi connectivity index (χ4n) is 3.88. The highest BCUT2D eigenvalue weighted by Crippen LogP contribution is 2.45. The van der Waals surface area contributed by atoms with Crippen LogP contribution < -0.4 is 4.72 Å². The molecule has 8 heteroatoms. The quantitative estimate of drug-likeness (QED) is 0.768. The standard InChI is InChI=1S/C13H9N3.C9H15F2NOS/c1-2-11-6-5-10(9-16-11)12-4-3-7-15-13(12)8-14;1-5-3-7-6(2)12-14(13)8(7)4-9(5,10)11/h2-7,9H,1H2;5-8,12H,3-4H2,1-2H3. The number of hydrogen-bond acceptors (Lipinski definition) is 4. The van der Waals surface area contributed by atoms with Crippen molar-refractivity contribution in [3.8, 4) is 17.2 Å². The van der Waals surface area contributed by atoms with Gasteiger partial charge in [-0.1, -0.05) is 19.6 Å². The molecule has 2 aromatic heterocycles. The van der Waals surface area contributed by atoms with Crippen molar-refractivity contribution < 1.29 is 13.0 Å². The summed E-state index contributed by atoms with van der Waals surface area (Å²) < 4.78 is 41.1. The molecule has 0 radical (unpaired) electrons. The summed E-state index contributed by atoms with van der Waals surface area (Å²) in [4.78, 5) is 8.20. The maximum atomic E-state index is 13.4. The van der Waals surface area contributed by atoms with Gasteiger partial charge in [-0.05, 0) is 43.5 Å². The summed E-state index contributed by atoms with van der Waals surface area (Å²) in [5, 5.41) is 8.58. The zero-order chi connectivity index (χ0) is 21.9. The summed E-state index contributed by atoms with van der Waals surface area (Å²) in [5.74, 6) is -3.06. The first-order valence-electron chi connectivity index (χ1n) is 9.75. The molecule has 30 heavy (non-hydrogen) atoms. The van der Waals surface area contributed by atoms with E-state index in [0.717, 1.165) is 16.8 Å².